The Balaban J connectivity index is 1.70. The molecule has 7 heteroatoms. The summed E-state index contributed by atoms with van der Waals surface area (Å²) in [7, 11) is 0. The molecule has 0 radical (unpaired) electrons. The number of fused-ring (bicyclic) bond motifs is 1. The number of aliphatic hydroxyl groups is 1. The minimum Gasteiger partial charge on any atom is -0.396 e. The van der Waals surface area contributed by atoms with E-state index in [4.69, 9.17) is 23.2 Å². The highest BCUT2D eigenvalue weighted by Crippen LogP contribution is 2.38. The molecule has 2 saturated heterocycles. The predicted octanol–water partition coefficient (Wildman–Crippen LogP) is 2.04. The maximum Gasteiger partial charge on any atom is 0.321 e. The number of halogens is 2. The minimum absolute atomic E-state index is 0.0934. The van der Waals surface area contributed by atoms with Crippen molar-refractivity contribution in [2.45, 2.75) is 0 Å². The molecule has 2 atom stereocenters. The normalized spacial score (nSPS) is 27.8. The van der Waals surface area contributed by atoms with Crippen LogP contribution in [-0.4, -0.2) is 48.8 Å². The molecule has 1 aromatic carbocycles. The summed E-state index contributed by atoms with van der Waals surface area (Å²) in [6.07, 6.45) is 0. The molecule has 21 heavy (non-hydrogen) atoms. The molecular formula is C14H17Cl2N3O2. The Morgan fingerprint density at radius 1 is 1.52 bits per heavy atom. The van der Waals surface area contributed by atoms with Crippen molar-refractivity contribution >= 4 is 34.9 Å². The Morgan fingerprint density at radius 2 is 2.33 bits per heavy atom. The van der Waals surface area contributed by atoms with Crippen molar-refractivity contribution in [2.24, 2.45) is 11.3 Å². The first-order valence-corrected chi connectivity index (χ1v) is 7.62. The second-order valence-electron chi connectivity index (χ2n) is 5.78. The third-order valence-electron chi connectivity index (χ3n) is 4.46. The van der Waals surface area contributed by atoms with Gasteiger partial charge in [-0.3, -0.25) is 0 Å². The van der Waals surface area contributed by atoms with E-state index in [-0.39, 0.29) is 18.1 Å². The molecule has 2 heterocycles. The SMILES string of the molecule is O=C(Nc1ccc(Cl)cc1Cl)N1CC2CNCC2(CO)C1. The summed E-state index contributed by atoms with van der Waals surface area (Å²) >= 11 is 11.9. The molecular weight excluding hydrogens is 313 g/mol. The fraction of sp³-hybridized carbons (Fsp3) is 0.500. The summed E-state index contributed by atoms with van der Waals surface area (Å²) in [6, 6.07) is 4.77. The Morgan fingerprint density at radius 3 is 3.00 bits per heavy atom. The first-order chi connectivity index (χ1) is 10.0. The number of carbonyl (C=O) groups is 1. The van der Waals surface area contributed by atoms with E-state index >= 15 is 0 Å². The molecule has 3 N–H and O–H groups in total. The van der Waals surface area contributed by atoms with Crippen molar-refractivity contribution in [3.05, 3.63) is 28.2 Å². The molecule has 0 spiro atoms. The van der Waals surface area contributed by atoms with E-state index < -0.39 is 0 Å². The van der Waals surface area contributed by atoms with Crippen molar-refractivity contribution in [3.63, 3.8) is 0 Å². The number of hydrogen-bond donors (Lipinski definition) is 3. The topological polar surface area (TPSA) is 64.6 Å². The Bertz CT molecular complexity index is 569. The van der Waals surface area contributed by atoms with Gasteiger partial charge in [-0.25, -0.2) is 4.79 Å². The second kappa shape index (κ2) is 5.65. The quantitative estimate of drug-likeness (QED) is 0.778. The van der Waals surface area contributed by atoms with Gasteiger partial charge in [0.1, 0.15) is 0 Å². The lowest BCUT2D eigenvalue weighted by Crippen LogP contribution is -2.39. The maximum atomic E-state index is 12.4. The van der Waals surface area contributed by atoms with Gasteiger partial charge in [0.25, 0.3) is 0 Å². The van der Waals surface area contributed by atoms with E-state index in [1.54, 1.807) is 23.1 Å². The average molecular weight is 330 g/mol. The highest BCUT2D eigenvalue weighted by molar-refractivity contribution is 6.36. The number of hydrogen-bond acceptors (Lipinski definition) is 3. The molecule has 114 valence electrons. The highest BCUT2D eigenvalue weighted by Gasteiger charge is 2.50. The fourth-order valence-electron chi connectivity index (χ4n) is 3.18. The van der Waals surface area contributed by atoms with Gasteiger partial charge in [-0.05, 0) is 24.1 Å². The molecule has 2 aliphatic heterocycles. The van der Waals surface area contributed by atoms with Gasteiger partial charge in [0.2, 0.25) is 0 Å². The van der Waals surface area contributed by atoms with Crippen LogP contribution in [0.25, 0.3) is 0 Å². The van der Waals surface area contributed by atoms with Crippen molar-refractivity contribution in [1.82, 2.24) is 10.2 Å². The second-order valence-corrected chi connectivity index (χ2v) is 6.63. The van der Waals surface area contributed by atoms with Crippen LogP contribution < -0.4 is 10.6 Å². The van der Waals surface area contributed by atoms with Crippen LogP contribution in [-0.2, 0) is 0 Å². The van der Waals surface area contributed by atoms with Gasteiger partial charge in [-0.1, -0.05) is 23.2 Å². The van der Waals surface area contributed by atoms with E-state index in [1.807, 2.05) is 0 Å². The summed E-state index contributed by atoms with van der Waals surface area (Å²) in [5, 5.41) is 16.7. The zero-order valence-corrected chi connectivity index (χ0v) is 12.9. The third kappa shape index (κ3) is 2.71. The Hall–Kier alpha value is -1.01. The molecule has 0 saturated carbocycles. The predicted molar refractivity (Wildman–Crippen MR) is 82.9 cm³/mol. The lowest BCUT2D eigenvalue weighted by atomic mass is 9.82. The molecule has 2 amide bonds. The largest absolute Gasteiger partial charge is 0.396 e. The lowest BCUT2D eigenvalue weighted by Gasteiger charge is -2.25. The van der Waals surface area contributed by atoms with E-state index in [1.165, 1.54) is 0 Å². The number of benzene rings is 1. The zero-order valence-electron chi connectivity index (χ0n) is 11.4. The van der Waals surface area contributed by atoms with Gasteiger partial charge >= 0.3 is 6.03 Å². The van der Waals surface area contributed by atoms with Gasteiger partial charge in [0.05, 0.1) is 17.3 Å². The standard InChI is InChI=1S/C14H17Cl2N3O2/c15-10-1-2-12(11(16)3-10)18-13(21)19-5-9-4-17-6-14(9,7-19)8-20/h1-3,9,17,20H,4-8H2,(H,18,21). The van der Waals surface area contributed by atoms with Gasteiger partial charge in [-0.15, -0.1) is 0 Å². The molecule has 0 aliphatic carbocycles. The first kappa shape index (κ1) is 14.9. The van der Waals surface area contributed by atoms with Gasteiger partial charge in [0.15, 0.2) is 0 Å². The molecule has 2 aliphatic rings. The molecule has 1 aromatic rings. The minimum atomic E-state index is -0.207. The van der Waals surface area contributed by atoms with E-state index in [2.05, 4.69) is 10.6 Å². The number of urea groups is 1. The van der Waals surface area contributed by atoms with Crippen molar-refractivity contribution in [1.29, 1.82) is 0 Å². The number of aliphatic hydroxyl groups excluding tert-OH is 1. The van der Waals surface area contributed by atoms with E-state index in [0.29, 0.717) is 34.7 Å². The molecule has 3 rings (SSSR count). The number of rotatable bonds is 2. The van der Waals surface area contributed by atoms with Crippen LogP contribution in [0.3, 0.4) is 0 Å². The maximum absolute atomic E-state index is 12.4. The molecule has 5 nitrogen and oxygen atoms in total. The summed E-state index contributed by atoms with van der Waals surface area (Å²) in [5.74, 6) is 0.300. The number of nitrogens with one attached hydrogen (secondary N) is 2. The summed E-state index contributed by atoms with van der Waals surface area (Å²) in [5.41, 5.74) is 0.334. The van der Waals surface area contributed by atoms with Crippen molar-refractivity contribution < 1.29 is 9.90 Å². The van der Waals surface area contributed by atoms with Crippen LogP contribution in [0, 0.1) is 11.3 Å². The van der Waals surface area contributed by atoms with Gasteiger partial charge < -0.3 is 20.6 Å². The fourth-order valence-corrected chi connectivity index (χ4v) is 3.64. The summed E-state index contributed by atoms with van der Waals surface area (Å²) < 4.78 is 0. The Labute approximate surface area is 133 Å². The van der Waals surface area contributed by atoms with Gasteiger partial charge in [0, 0.05) is 36.6 Å². The Kier molecular flexibility index (Phi) is 4.01. The van der Waals surface area contributed by atoms with Crippen LogP contribution in [0.1, 0.15) is 0 Å². The molecule has 0 aromatic heterocycles. The van der Waals surface area contributed by atoms with Crippen LogP contribution >= 0.6 is 23.2 Å². The number of anilines is 1. The smallest absolute Gasteiger partial charge is 0.321 e. The van der Waals surface area contributed by atoms with Crippen LogP contribution in [0.15, 0.2) is 18.2 Å². The number of nitrogens with zero attached hydrogens (tertiary/aromatic N) is 1. The summed E-state index contributed by atoms with van der Waals surface area (Å²) in [4.78, 5) is 14.1. The molecule has 2 unspecified atom stereocenters. The molecule has 0 bridgehead atoms. The van der Waals surface area contributed by atoms with Crippen LogP contribution in [0.5, 0.6) is 0 Å². The first-order valence-electron chi connectivity index (χ1n) is 6.87. The van der Waals surface area contributed by atoms with Crippen molar-refractivity contribution in [2.75, 3.05) is 38.1 Å². The van der Waals surface area contributed by atoms with Crippen LogP contribution in [0.4, 0.5) is 10.5 Å². The van der Waals surface area contributed by atoms with Crippen LogP contribution in [0.2, 0.25) is 10.0 Å². The number of likely N-dealkylation sites (tertiary alicyclic amines) is 1. The zero-order chi connectivity index (χ0) is 15.0. The third-order valence-corrected chi connectivity index (χ3v) is 5.00. The monoisotopic (exact) mass is 329 g/mol. The van der Waals surface area contributed by atoms with E-state index in [0.717, 1.165) is 13.1 Å². The summed E-state index contributed by atoms with van der Waals surface area (Å²) in [6.45, 7) is 2.88. The van der Waals surface area contributed by atoms with Crippen molar-refractivity contribution in [3.8, 4) is 0 Å². The number of carbonyl (C=O) groups excluding carboxylic acids is 1. The van der Waals surface area contributed by atoms with Gasteiger partial charge in [-0.2, -0.15) is 0 Å². The average Bonchev–Trinajstić information content (AvgIpc) is 2.98. The molecule has 2 fully saturated rings. The highest BCUT2D eigenvalue weighted by atomic mass is 35.5. The lowest BCUT2D eigenvalue weighted by molar-refractivity contribution is 0.127. The number of amides is 2. The van der Waals surface area contributed by atoms with E-state index in [9.17, 15) is 9.90 Å².